The first-order valence-electron chi connectivity index (χ1n) is 7.75. The predicted octanol–water partition coefficient (Wildman–Crippen LogP) is 2.10. The average molecular weight is 312 g/mol. The molecule has 0 aliphatic rings. The monoisotopic (exact) mass is 312 g/mol. The molecule has 0 radical (unpaired) electrons. The lowest BCUT2D eigenvalue weighted by Crippen LogP contribution is -2.25. The van der Waals surface area contributed by atoms with E-state index in [1.807, 2.05) is 12.4 Å². The largest absolute Gasteiger partial charge is 0.352 e. The molecular weight excluding hydrogens is 292 g/mol. The number of imidazole rings is 1. The van der Waals surface area contributed by atoms with Crippen LogP contribution in [0, 0.1) is 0 Å². The molecule has 2 heterocycles. The summed E-state index contributed by atoms with van der Waals surface area (Å²) in [5.41, 5.74) is 2.04. The summed E-state index contributed by atoms with van der Waals surface area (Å²) in [5.74, 6) is 1.38. The summed E-state index contributed by atoms with van der Waals surface area (Å²) in [7, 11) is 0. The summed E-state index contributed by atoms with van der Waals surface area (Å²) >= 11 is 0. The Hall–Kier alpha value is -2.70. The highest BCUT2D eigenvalue weighted by molar-refractivity contribution is 5.97. The fraction of sp³-hybridized carbons (Fsp3) is 0.375. The van der Waals surface area contributed by atoms with Crippen LogP contribution in [0.15, 0.2) is 30.6 Å². The second-order valence-electron chi connectivity index (χ2n) is 5.77. The van der Waals surface area contributed by atoms with E-state index in [0.29, 0.717) is 23.5 Å². The van der Waals surface area contributed by atoms with Crippen LogP contribution in [0.25, 0.3) is 11.0 Å². The number of carbonyl (C=O) groups is 1. The van der Waals surface area contributed by atoms with E-state index in [1.54, 1.807) is 18.2 Å². The first kappa shape index (κ1) is 15.2. The van der Waals surface area contributed by atoms with Crippen LogP contribution in [-0.4, -0.2) is 37.4 Å². The Kier molecular flexibility index (Phi) is 4.36. The number of rotatable bonds is 6. The Morgan fingerprint density at radius 2 is 2.13 bits per heavy atom. The van der Waals surface area contributed by atoms with E-state index in [4.69, 9.17) is 0 Å². The molecule has 3 aromatic rings. The fourth-order valence-electron chi connectivity index (χ4n) is 2.55. The van der Waals surface area contributed by atoms with Gasteiger partial charge in [0.05, 0.1) is 0 Å². The minimum Gasteiger partial charge on any atom is -0.352 e. The Labute approximate surface area is 134 Å². The van der Waals surface area contributed by atoms with Gasteiger partial charge in [-0.25, -0.2) is 4.98 Å². The Morgan fingerprint density at radius 3 is 2.96 bits per heavy atom. The molecule has 3 rings (SSSR count). The minimum absolute atomic E-state index is 0.0929. The molecule has 1 aromatic carbocycles. The summed E-state index contributed by atoms with van der Waals surface area (Å²) in [6.45, 7) is 5.71. The maximum absolute atomic E-state index is 12.2. The summed E-state index contributed by atoms with van der Waals surface area (Å²) in [4.78, 5) is 16.5. The van der Waals surface area contributed by atoms with E-state index in [1.165, 1.54) is 0 Å². The highest BCUT2D eigenvalue weighted by Gasteiger charge is 2.09. The van der Waals surface area contributed by atoms with Crippen molar-refractivity contribution < 1.29 is 4.79 Å². The van der Waals surface area contributed by atoms with Crippen LogP contribution >= 0.6 is 0 Å². The number of nitrogens with zero attached hydrogens (tertiary/aromatic N) is 4. The number of aromatic amines is 1. The van der Waals surface area contributed by atoms with E-state index < -0.39 is 0 Å². The number of H-pyrrole nitrogens is 1. The Bertz CT molecular complexity index is 804. The number of hydrogen-bond acceptors (Lipinski definition) is 4. The molecule has 7 nitrogen and oxygen atoms in total. The summed E-state index contributed by atoms with van der Waals surface area (Å²) in [6.07, 6.45) is 4.66. The molecule has 0 aliphatic heterocycles. The van der Waals surface area contributed by atoms with Crippen LogP contribution in [0.3, 0.4) is 0 Å². The van der Waals surface area contributed by atoms with Crippen LogP contribution < -0.4 is 5.32 Å². The number of fused-ring (bicyclic) bond motifs is 1. The van der Waals surface area contributed by atoms with Crippen molar-refractivity contribution in [3.8, 4) is 0 Å². The van der Waals surface area contributed by atoms with Gasteiger partial charge in [0, 0.05) is 37.0 Å². The van der Waals surface area contributed by atoms with Gasteiger partial charge in [-0.1, -0.05) is 13.8 Å². The highest BCUT2D eigenvalue weighted by atomic mass is 16.1. The number of benzene rings is 1. The number of carbonyl (C=O) groups excluding carboxylic acids is 1. The molecule has 7 heteroatoms. The molecule has 0 atom stereocenters. The zero-order valence-corrected chi connectivity index (χ0v) is 13.3. The maximum atomic E-state index is 12.2. The van der Waals surface area contributed by atoms with Crippen molar-refractivity contribution in [3.05, 3.63) is 42.0 Å². The number of nitrogens with one attached hydrogen (secondary N) is 2. The topological polar surface area (TPSA) is 88.5 Å². The van der Waals surface area contributed by atoms with E-state index in [2.05, 4.69) is 44.1 Å². The quantitative estimate of drug-likeness (QED) is 0.682. The first-order chi connectivity index (χ1) is 11.1. The molecule has 23 heavy (non-hydrogen) atoms. The standard InChI is InChI=1S/C16H20N6O/c1-11(2)15-17-7-9-22(15)8-3-6-18-16(23)12-4-5-13-14(10-12)20-21-19-13/h4-5,7,9-11H,3,6,8H2,1-2H3,(H,18,23)(H,19,20,21). The van der Waals surface area contributed by atoms with Gasteiger partial charge in [0.25, 0.3) is 5.91 Å². The van der Waals surface area contributed by atoms with E-state index in [0.717, 1.165) is 24.3 Å². The third-order valence-corrected chi connectivity index (χ3v) is 3.70. The van der Waals surface area contributed by atoms with Crippen LogP contribution in [0.2, 0.25) is 0 Å². The molecule has 0 saturated heterocycles. The van der Waals surface area contributed by atoms with Crippen molar-refractivity contribution >= 4 is 16.9 Å². The van der Waals surface area contributed by atoms with Gasteiger partial charge in [-0.3, -0.25) is 4.79 Å². The van der Waals surface area contributed by atoms with Crippen LogP contribution in [-0.2, 0) is 6.54 Å². The third-order valence-electron chi connectivity index (χ3n) is 3.70. The molecule has 0 fully saturated rings. The van der Waals surface area contributed by atoms with Gasteiger partial charge in [-0.15, -0.1) is 0 Å². The highest BCUT2D eigenvalue weighted by Crippen LogP contribution is 2.12. The van der Waals surface area contributed by atoms with Gasteiger partial charge in [0.2, 0.25) is 0 Å². The predicted molar refractivity (Wildman–Crippen MR) is 87.2 cm³/mol. The minimum atomic E-state index is -0.0929. The van der Waals surface area contributed by atoms with E-state index in [9.17, 15) is 4.79 Å². The van der Waals surface area contributed by atoms with Gasteiger partial charge in [0.1, 0.15) is 16.9 Å². The Balaban J connectivity index is 1.52. The molecule has 2 aromatic heterocycles. The average Bonchev–Trinajstić information content (AvgIpc) is 3.19. The molecule has 0 spiro atoms. The first-order valence-corrected chi connectivity index (χ1v) is 7.75. The second-order valence-corrected chi connectivity index (χ2v) is 5.77. The third kappa shape index (κ3) is 3.39. The summed E-state index contributed by atoms with van der Waals surface area (Å²) in [5, 5.41) is 13.4. The van der Waals surface area contributed by atoms with Crippen LogP contribution in [0.5, 0.6) is 0 Å². The van der Waals surface area contributed by atoms with Crippen molar-refractivity contribution in [3.63, 3.8) is 0 Å². The van der Waals surface area contributed by atoms with Crippen molar-refractivity contribution in [2.24, 2.45) is 0 Å². The molecule has 0 bridgehead atoms. The second kappa shape index (κ2) is 6.60. The molecule has 2 N–H and O–H groups in total. The lowest BCUT2D eigenvalue weighted by molar-refractivity contribution is 0.0953. The number of aromatic nitrogens is 5. The van der Waals surface area contributed by atoms with Crippen molar-refractivity contribution in [2.45, 2.75) is 32.7 Å². The number of hydrogen-bond donors (Lipinski definition) is 2. The number of amides is 1. The molecular formula is C16H20N6O. The van der Waals surface area contributed by atoms with Crippen molar-refractivity contribution in [2.75, 3.05) is 6.54 Å². The van der Waals surface area contributed by atoms with E-state index in [-0.39, 0.29) is 5.91 Å². The summed E-state index contributed by atoms with van der Waals surface area (Å²) in [6, 6.07) is 5.28. The lowest BCUT2D eigenvalue weighted by Gasteiger charge is -2.10. The van der Waals surface area contributed by atoms with Gasteiger partial charge in [-0.05, 0) is 24.6 Å². The normalized spacial score (nSPS) is 11.3. The molecule has 0 aliphatic carbocycles. The Morgan fingerprint density at radius 1 is 1.30 bits per heavy atom. The van der Waals surface area contributed by atoms with Gasteiger partial charge < -0.3 is 9.88 Å². The van der Waals surface area contributed by atoms with Crippen LogP contribution in [0.1, 0.15) is 42.4 Å². The van der Waals surface area contributed by atoms with E-state index >= 15 is 0 Å². The molecule has 120 valence electrons. The SMILES string of the molecule is CC(C)c1nccn1CCCNC(=O)c1ccc2n[nH]nc2c1. The van der Waals surface area contributed by atoms with Gasteiger partial charge in [0.15, 0.2) is 0 Å². The van der Waals surface area contributed by atoms with Gasteiger partial charge >= 0.3 is 0 Å². The summed E-state index contributed by atoms with van der Waals surface area (Å²) < 4.78 is 2.14. The fourth-order valence-corrected chi connectivity index (χ4v) is 2.55. The smallest absolute Gasteiger partial charge is 0.251 e. The zero-order valence-electron chi connectivity index (χ0n) is 13.3. The maximum Gasteiger partial charge on any atom is 0.251 e. The van der Waals surface area contributed by atoms with Crippen LogP contribution in [0.4, 0.5) is 0 Å². The number of aryl methyl sites for hydroxylation is 1. The van der Waals surface area contributed by atoms with Crippen molar-refractivity contribution in [1.82, 2.24) is 30.3 Å². The molecule has 0 unspecified atom stereocenters. The lowest BCUT2D eigenvalue weighted by atomic mass is 10.2. The zero-order chi connectivity index (χ0) is 16.2. The van der Waals surface area contributed by atoms with Crippen molar-refractivity contribution in [1.29, 1.82) is 0 Å². The molecule has 0 saturated carbocycles. The molecule has 1 amide bonds. The van der Waals surface area contributed by atoms with Gasteiger partial charge in [-0.2, -0.15) is 15.4 Å².